The molecule has 0 aromatic heterocycles. The minimum absolute atomic E-state index is 0. The van der Waals surface area contributed by atoms with Crippen LogP contribution >= 0.6 is 24.4 Å². The topological polar surface area (TPSA) is 204 Å². The van der Waals surface area contributed by atoms with Crippen LogP contribution in [0.2, 0.25) is 0 Å². The van der Waals surface area contributed by atoms with Crippen molar-refractivity contribution in [2.24, 2.45) is 0 Å². The number of unbranched alkanes of at least 4 members (excludes halogenated alkanes) is 3. The molecule has 0 aliphatic carbocycles. The summed E-state index contributed by atoms with van der Waals surface area (Å²) in [6, 6.07) is 0. The minimum atomic E-state index is -5.35. The van der Waals surface area contributed by atoms with Crippen molar-refractivity contribution in [3.63, 3.8) is 0 Å². The van der Waals surface area contributed by atoms with Crippen LogP contribution in [0.5, 0.6) is 0 Å². The number of rotatable bonds is 16. The average Bonchev–Trinajstić information content (AvgIpc) is 2.84. The van der Waals surface area contributed by atoms with Gasteiger partial charge >= 0.3 is 29.6 Å². The van der Waals surface area contributed by atoms with Gasteiger partial charge in [0.25, 0.3) is 0 Å². The van der Waals surface area contributed by atoms with Gasteiger partial charge in [-0.15, -0.1) is 0 Å². The summed E-state index contributed by atoms with van der Waals surface area (Å²) < 4.78 is 59.4. The van der Waals surface area contributed by atoms with Gasteiger partial charge in [0.2, 0.25) is 10.4 Å². The molecule has 2 aliphatic heterocycles. The van der Waals surface area contributed by atoms with E-state index in [-0.39, 0.29) is 36.2 Å². The van der Waals surface area contributed by atoms with Gasteiger partial charge in [0.15, 0.2) is 12.6 Å². The van der Waals surface area contributed by atoms with Crippen molar-refractivity contribution < 1.29 is 91.2 Å². The van der Waals surface area contributed by atoms with Gasteiger partial charge in [-0.3, -0.25) is 4.18 Å². The Morgan fingerprint density at radius 2 is 1.53 bits per heavy atom. The maximum atomic E-state index is 11.0. The average molecular weight is 619 g/mol. The molecule has 2 saturated heterocycles. The van der Waals surface area contributed by atoms with Gasteiger partial charge in [0, 0.05) is 0 Å². The summed E-state index contributed by atoms with van der Waals surface area (Å²) in [5.41, 5.74) is 0. The van der Waals surface area contributed by atoms with Gasteiger partial charge in [-0.25, -0.2) is 8.42 Å². The fourth-order valence-electron chi connectivity index (χ4n) is 4.00. The van der Waals surface area contributed by atoms with Gasteiger partial charge in [0.05, 0.1) is 19.3 Å². The molecular weight excluding hydrogens is 579 g/mol. The van der Waals surface area contributed by atoms with E-state index in [9.17, 15) is 38.5 Å². The summed E-state index contributed by atoms with van der Waals surface area (Å²) in [6.45, 7) is 0.949. The third-order valence-electron chi connectivity index (χ3n) is 6.04. The van der Waals surface area contributed by atoms with E-state index in [0.29, 0.717) is 6.42 Å². The zero-order valence-electron chi connectivity index (χ0n) is 21.6. The molecule has 2 aliphatic rings. The van der Waals surface area contributed by atoms with E-state index in [0.717, 1.165) is 30.1 Å². The Hall–Kier alpha value is 1.21. The molecule has 2 rings (SSSR count). The Bertz CT molecular complexity index is 752. The van der Waals surface area contributed by atoms with Crippen molar-refractivity contribution >= 4 is 34.8 Å². The number of thioether (sulfide) groups is 1. The minimum Gasteiger partial charge on any atom is -0.726 e. The second-order valence-corrected chi connectivity index (χ2v) is 11.6. The summed E-state index contributed by atoms with van der Waals surface area (Å²) >= 11 is 5.99. The molecule has 0 unspecified atom stereocenters. The van der Waals surface area contributed by atoms with Crippen LogP contribution in [0.4, 0.5) is 0 Å². The molecule has 0 spiro atoms. The van der Waals surface area contributed by atoms with Crippen LogP contribution in [0.25, 0.3) is 0 Å². The largest absolute Gasteiger partial charge is 1.00 e. The van der Waals surface area contributed by atoms with E-state index in [4.69, 9.17) is 18.9 Å². The molecule has 10 atom stereocenters. The van der Waals surface area contributed by atoms with E-state index < -0.39 is 78.4 Å². The predicted octanol–water partition coefficient (Wildman–Crippen LogP) is -4.24. The first-order valence-corrected chi connectivity index (χ1v) is 15.4. The molecule has 220 valence electrons. The first-order chi connectivity index (χ1) is 17.5. The van der Waals surface area contributed by atoms with Gasteiger partial charge in [-0.1, -0.05) is 12.8 Å². The van der Waals surface area contributed by atoms with Crippen molar-refractivity contribution in [1.29, 1.82) is 0 Å². The smallest absolute Gasteiger partial charge is 0.726 e. The Morgan fingerprint density at radius 3 is 2.16 bits per heavy atom. The maximum Gasteiger partial charge on any atom is 1.00 e. The second-order valence-electron chi connectivity index (χ2n) is 8.94. The van der Waals surface area contributed by atoms with Crippen LogP contribution in [-0.4, -0.2) is 130 Å². The first kappa shape index (κ1) is 37.2. The first-order valence-electron chi connectivity index (χ1n) is 12.2. The Kier molecular flexibility index (Phi) is 18.3. The van der Waals surface area contributed by atoms with E-state index in [1.165, 1.54) is 19.8 Å². The Balaban J connectivity index is 0.00000722. The maximum absolute atomic E-state index is 11.0. The second kappa shape index (κ2) is 18.7. The number of hydrogen-bond acceptors (Lipinski definition) is 15. The molecule has 17 heteroatoms. The molecule has 0 saturated carbocycles. The van der Waals surface area contributed by atoms with Crippen molar-refractivity contribution in [1.82, 2.24) is 0 Å². The third-order valence-corrected chi connectivity index (χ3v) is 7.96. The van der Waals surface area contributed by atoms with E-state index in [2.05, 4.69) is 16.8 Å². The van der Waals surface area contributed by atoms with Crippen molar-refractivity contribution in [3.05, 3.63) is 0 Å². The molecular formula is C21H39NaO13S3. The quantitative estimate of drug-likeness (QED) is 0.0319. The number of hydrogen-bond donors (Lipinski definition) is 6. The standard InChI is InChI=1S/C21H40O13S3.Na/c1-12-14(23)18(16(25)20(31-12)30-7-6-10-36-9-5-3-2-4-8-35)33-21-17(26)19(34-37(27,28)29)15(24)13(11-22)32-21;/h12-26,35H,2-11H2,1H3,(H,27,28,29);/q;+1/p-1/t12-,13+,14+,15+,16-,17+,18+,19-,20+,21-;/m0./s1. The van der Waals surface area contributed by atoms with E-state index >= 15 is 0 Å². The Labute approximate surface area is 255 Å². The van der Waals surface area contributed by atoms with Crippen molar-refractivity contribution in [2.45, 2.75) is 100 Å². The van der Waals surface area contributed by atoms with Crippen molar-refractivity contribution in [2.75, 3.05) is 30.5 Å². The summed E-state index contributed by atoms with van der Waals surface area (Å²) in [7, 11) is -5.35. The zero-order valence-corrected chi connectivity index (χ0v) is 26.1. The third kappa shape index (κ3) is 11.8. The normalized spacial score (nSPS) is 36.1. The summed E-state index contributed by atoms with van der Waals surface area (Å²) in [4.78, 5) is 0. The number of ether oxygens (including phenoxy) is 4. The molecule has 0 radical (unpaired) electrons. The van der Waals surface area contributed by atoms with E-state index in [1.54, 1.807) is 11.8 Å². The van der Waals surface area contributed by atoms with Crippen LogP contribution in [0, 0.1) is 0 Å². The molecule has 0 aromatic rings. The monoisotopic (exact) mass is 618 g/mol. The number of aliphatic hydroxyl groups is 5. The van der Waals surface area contributed by atoms with E-state index in [1.807, 2.05) is 0 Å². The zero-order chi connectivity index (χ0) is 27.6. The molecule has 0 aromatic carbocycles. The van der Waals surface area contributed by atoms with Gasteiger partial charge in [-0.2, -0.15) is 24.4 Å². The summed E-state index contributed by atoms with van der Waals surface area (Å²) in [5.74, 6) is 2.80. The predicted molar refractivity (Wildman–Crippen MR) is 134 cm³/mol. The molecule has 2 heterocycles. The SMILES string of the molecule is C[C@@H]1O[C@@H](OCCCSCCCCCCS)[C@@H](O)[C@H](O[C@@H]2O[C@H](CO)[C@@H](O)[C@H](OS(=O)(=O)[O-])[C@H]2O)[C@@H]1O.[Na+]. The summed E-state index contributed by atoms with van der Waals surface area (Å²) in [5, 5.41) is 51.3. The fourth-order valence-corrected chi connectivity index (χ4v) is 5.66. The Morgan fingerprint density at radius 1 is 0.895 bits per heavy atom. The molecule has 5 N–H and O–H groups in total. The fraction of sp³-hybridized carbons (Fsp3) is 1.00. The van der Waals surface area contributed by atoms with Crippen LogP contribution in [0.3, 0.4) is 0 Å². The number of thiol groups is 1. The van der Waals surface area contributed by atoms with Crippen LogP contribution in [-0.2, 0) is 33.5 Å². The van der Waals surface area contributed by atoms with Gasteiger partial charge < -0.3 is 49.0 Å². The van der Waals surface area contributed by atoms with Crippen LogP contribution in [0.1, 0.15) is 39.0 Å². The van der Waals surface area contributed by atoms with Gasteiger partial charge in [-0.05, 0) is 43.4 Å². The van der Waals surface area contributed by atoms with Crippen LogP contribution < -0.4 is 29.6 Å². The molecule has 38 heavy (non-hydrogen) atoms. The molecule has 0 amide bonds. The number of aliphatic hydroxyl groups excluding tert-OH is 5. The molecule has 13 nitrogen and oxygen atoms in total. The molecule has 2 fully saturated rings. The van der Waals surface area contributed by atoms with Gasteiger partial charge in [0.1, 0.15) is 42.7 Å². The van der Waals surface area contributed by atoms with Crippen molar-refractivity contribution in [3.8, 4) is 0 Å². The molecule has 0 bridgehead atoms. The summed E-state index contributed by atoms with van der Waals surface area (Å²) in [6.07, 6.45) is -10.3. The van der Waals surface area contributed by atoms with Crippen LogP contribution in [0.15, 0.2) is 0 Å².